The van der Waals surface area contributed by atoms with Crippen LogP contribution in [0.3, 0.4) is 0 Å². The zero-order chi connectivity index (χ0) is 13.9. The van der Waals surface area contributed by atoms with Crippen LogP contribution in [-0.4, -0.2) is 9.97 Å². The molecule has 3 heteroatoms. The van der Waals surface area contributed by atoms with E-state index in [1.54, 1.807) is 0 Å². The summed E-state index contributed by atoms with van der Waals surface area (Å²) in [4.78, 5) is 8.94. The van der Waals surface area contributed by atoms with Crippen LogP contribution in [0.25, 0.3) is 0 Å². The highest BCUT2D eigenvalue weighted by Gasteiger charge is 2.17. The second kappa shape index (κ2) is 5.70. The maximum absolute atomic E-state index is 6.09. The summed E-state index contributed by atoms with van der Waals surface area (Å²) >= 11 is 6.09. The van der Waals surface area contributed by atoms with Crippen molar-refractivity contribution in [3.8, 4) is 0 Å². The largest absolute Gasteiger partial charge is 0.237 e. The molecule has 1 heterocycles. The molecule has 19 heavy (non-hydrogen) atoms. The van der Waals surface area contributed by atoms with Gasteiger partial charge in [0.2, 0.25) is 0 Å². The Labute approximate surface area is 119 Å². The quantitative estimate of drug-likeness (QED) is 0.784. The number of benzene rings is 1. The maximum Gasteiger partial charge on any atom is 0.133 e. The van der Waals surface area contributed by atoms with Crippen molar-refractivity contribution < 1.29 is 0 Å². The van der Waals surface area contributed by atoms with Crippen LogP contribution in [0.15, 0.2) is 36.4 Å². The minimum atomic E-state index is -0.00588. The average Bonchev–Trinajstić information content (AvgIpc) is 2.36. The first-order valence-electron chi connectivity index (χ1n) is 6.53. The van der Waals surface area contributed by atoms with Gasteiger partial charge in [0, 0.05) is 11.8 Å². The van der Waals surface area contributed by atoms with E-state index in [0.717, 1.165) is 24.4 Å². The monoisotopic (exact) mass is 274 g/mol. The van der Waals surface area contributed by atoms with Gasteiger partial charge in [0.1, 0.15) is 11.0 Å². The molecule has 0 amide bonds. The van der Waals surface area contributed by atoms with Gasteiger partial charge in [-0.2, -0.15) is 0 Å². The van der Waals surface area contributed by atoms with Crippen LogP contribution in [0.5, 0.6) is 0 Å². The summed E-state index contributed by atoms with van der Waals surface area (Å²) in [6.07, 6.45) is 1.75. The Balaban J connectivity index is 2.15. The third-order valence-corrected chi connectivity index (χ3v) is 3.18. The first kappa shape index (κ1) is 14.0. The molecule has 0 fully saturated rings. The van der Waals surface area contributed by atoms with Crippen LogP contribution in [-0.2, 0) is 18.3 Å². The molecule has 1 aromatic heterocycles. The zero-order valence-electron chi connectivity index (χ0n) is 11.7. The topological polar surface area (TPSA) is 25.8 Å². The molecular formula is C16H19ClN2. The third-order valence-electron chi connectivity index (χ3n) is 2.99. The molecule has 0 bridgehead atoms. The Morgan fingerprint density at radius 3 is 2.32 bits per heavy atom. The number of rotatable bonds is 3. The van der Waals surface area contributed by atoms with Crippen molar-refractivity contribution in [2.45, 2.75) is 39.0 Å². The van der Waals surface area contributed by atoms with Gasteiger partial charge in [-0.05, 0) is 18.1 Å². The summed E-state index contributed by atoms with van der Waals surface area (Å²) < 4.78 is 0. The fraction of sp³-hybridized carbons (Fsp3) is 0.375. The van der Waals surface area contributed by atoms with E-state index < -0.39 is 0 Å². The van der Waals surface area contributed by atoms with Crippen molar-refractivity contribution in [2.75, 3.05) is 0 Å². The molecule has 0 spiro atoms. The Morgan fingerprint density at radius 1 is 1.00 bits per heavy atom. The molecule has 2 nitrogen and oxygen atoms in total. The smallest absolute Gasteiger partial charge is 0.133 e. The van der Waals surface area contributed by atoms with Crippen molar-refractivity contribution in [1.29, 1.82) is 0 Å². The number of aromatic nitrogens is 2. The number of hydrogen-bond donors (Lipinski definition) is 0. The zero-order valence-corrected chi connectivity index (χ0v) is 12.4. The van der Waals surface area contributed by atoms with Crippen molar-refractivity contribution in [2.24, 2.45) is 0 Å². The minimum Gasteiger partial charge on any atom is -0.237 e. The molecule has 100 valence electrons. The molecule has 1 aromatic carbocycles. The van der Waals surface area contributed by atoms with Crippen LogP contribution in [0.4, 0.5) is 0 Å². The molecular weight excluding hydrogens is 256 g/mol. The highest BCUT2D eigenvalue weighted by Crippen LogP contribution is 2.22. The predicted molar refractivity (Wildman–Crippen MR) is 79.6 cm³/mol. The van der Waals surface area contributed by atoms with E-state index >= 15 is 0 Å². The van der Waals surface area contributed by atoms with E-state index in [4.69, 9.17) is 11.6 Å². The normalized spacial score (nSPS) is 11.6. The van der Waals surface area contributed by atoms with Gasteiger partial charge in [0.25, 0.3) is 0 Å². The summed E-state index contributed by atoms with van der Waals surface area (Å²) in [7, 11) is 0. The average molecular weight is 275 g/mol. The van der Waals surface area contributed by atoms with Crippen LogP contribution in [0, 0.1) is 0 Å². The first-order valence-corrected chi connectivity index (χ1v) is 6.91. The molecule has 0 N–H and O–H groups in total. The molecule has 2 aromatic rings. The Bertz CT molecular complexity index is 544. The van der Waals surface area contributed by atoms with Gasteiger partial charge in [0.05, 0.1) is 5.69 Å². The number of halogens is 1. The summed E-state index contributed by atoms with van der Waals surface area (Å²) in [5.41, 5.74) is 2.28. The third kappa shape index (κ3) is 4.03. The van der Waals surface area contributed by atoms with Crippen LogP contribution < -0.4 is 0 Å². The van der Waals surface area contributed by atoms with E-state index in [-0.39, 0.29) is 5.41 Å². The summed E-state index contributed by atoms with van der Waals surface area (Å²) in [6, 6.07) is 12.2. The minimum absolute atomic E-state index is 0.00588. The number of nitrogens with zero attached hydrogens (tertiary/aromatic N) is 2. The lowest BCUT2D eigenvalue weighted by atomic mass is 9.92. The fourth-order valence-electron chi connectivity index (χ4n) is 1.86. The van der Waals surface area contributed by atoms with Crippen molar-refractivity contribution in [3.05, 3.63) is 58.6 Å². The highest BCUT2D eigenvalue weighted by atomic mass is 35.5. The van der Waals surface area contributed by atoms with Gasteiger partial charge in [-0.3, -0.25) is 0 Å². The fourth-order valence-corrected chi connectivity index (χ4v) is 2.06. The van der Waals surface area contributed by atoms with Crippen LogP contribution in [0.1, 0.15) is 37.9 Å². The van der Waals surface area contributed by atoms with E-state index in [9.17, 15) is 0 Å². The standard InChI is InChI=1S/C16H19ClN2/c1-16(2,3)13-11-14(17)19-15(18-13)10-9-12-7-5-4-6-8-12/h4-8,11H,9-10H2,1-3H3. The molecule has 0 aliphatic rings. The van der Waals surface area contributed by atoms with Gasteiger partial charge in [-0.1, -0.05) is 62.7 Å². The van der Waals surface area contributed by atoms with Gasteiger partial charge < -0.3 is 0 Å². The van der Waals surface area contributed by atoms with Gasteiger partial charge in [-0.15, -0.1) is 0 Å². The lowest BCUT2D eigenvalue weighted by Crippen LogP contribution is -2.15. The molecule has 0 radical (unpaired) electrons. The van der Waals surface area contributed by atoms with Crippen LogP contribution in [0.2, 0.25) is 5.15 Å². The van der Waals surface area contributed by atoms with Crippen molar-refractivity contribution in [3.63, 3.8) is 0 Å². The van der Waals surface area contributed by atoms with Crippen LogP contribution >= 0.6 is 11.6 Å². The SMILES string of the molecule is CC(C)(C)c1cc(Cl)nc(CCc2ccccc2)n1. The predicted octanol–water partition coefficient (Wildman–Crippen LogP) is 4.21. The Hall–Kier alpha value is -1.41. The molecule has 0 aliphatic heterocycles. The lowest BCUT2D eigenvalue weighted by Gasteiger charge is -2.18. The molecule has 0 atom stereocenters. The van der Waals surface area contributed by atoms with Gasteiger partial charge in [0.15, 0.2) is 0 Å². The molecule has 0 saturated heterocycles. The second-order valence-electron chi connectivity index (χ2n) is 5.73. The Morgan fingerprint density at radius 2 is 1.68 bits per heavy atom. The molecule has 2 rings (SSSR count). The number of hydrogen-bond acceptors (Lipinski definition) is 2. The Kier molecular flexibility index (Phi) is 4.20. The van der Waals surface area contributed by atoms with E-state index in [1.165, 1.54) is 5.56 Å². The first-order chi connectivity index (χ1) is 8.95. The lowest BCUT2D eigenvalue weighted by molar-refractivity contribution is 0.561. The highest BCUT2D eigenvalue weighted by molar-refractivity contribution is 6.29. The molecule has 0 saturated carbocycles. The van der Waals surface area contributed by atoms with E-state index in [0.29, 0.717) is 5.15 Å². The van der Waals surface area contributed by atoms with E-state index in [1.807, 2.05) is 12.1 Å². The molecule has 0 unspecified atom stereocenters. The summed E-state index contributed by atoms with van der Waals surface area (Å²) in [6.45, 7) is 6.39. The maximum atomic E-state index is 6.09. The molecule has 0 aliphatic carbocycles. The summed E-state index contributed by atoms with van der Waals surface area (Å²) in [5.74, 6) is 0.821. The van der Waals surface area contributed by atoms with Gasteiger partial charge >= 0.3 is 0 Å². The van der Waals surface area contributed by atoms with Crippen molar-refractivity contribution >= 4 is 11.6 Å². The second-order valence-corrected chi connectivity index (χ2v) is 6.11. The van der Waals surface area contributed by atoms with Crippen molar-refractivity contribution in [1.82, 2.24) is 9.97 Å². The number of aryl methyl sites for hydroxylation is 2. The van der Waals surface area contributed by atoms with Gasteiger partial charge in [-0.25, -0.2) is 9.97 Å². The van der Waals surface area contributed by atoms with E-state index in [2.05, 4.69) is 55.0 Å². The summed E-state index contributed by atoms with van der Waals surface area (Å²) in [5, 5.41) is 0.531.